The van der Waals surface area contributed by atoms with E-state index in [2.05, 4.69) is 33.5 Å². The van der Waals surface area contributed by atoms with Gasteiger partial charge >= 0.3 is 0 Å². The van der Waals surface area contributed by atoms with Gasteiger partial charge in [-0.1, -0.05) is 24.3 Å². The molecule has 1 atom stereocenters. The lowest BCUT2D eigenvalue weighted by Gasteiger charge is -2.10. The minimum Gasteiger partial charge on any atom is -0.327 e. The Balaban J connectivity index is 1.72. The second-order valence-corrected chi connectivity index (χ2v) is 5.99. The Hall–Kier alpha value is -1.78. The van der Waals surface area contributed by atoms with Crippen LogP contribution < -0.4 is 5.73 Å². The number of rotatable bonds is 4. The van der Waals surface area contributed by atoms with Crippen LogP contribution in [0, 0.1) is 6.92 Å². The van der Waals surface area contributed by atoms with E-state index in [9.17, 15) is 0 Å². The minimum absolute atomic E-state index is 0.0641. The molecule has 4 heteroatoms. The summed E-state index contributed by atoms with van der Waals surface area (Å²) in [5, 5.41) is 4.34. The molecule has 2 heterocycles. The van der Waals surface area contributed by atoms with Crippen molar-refractivity contribution in [3.63, 3.8) is 0 Å². The van der Waals surface area contributed by atoms with Crippen molar-refractivity contribution in [2.24, 2.45) is 5.73 Å². The molecule has 3 aromatic rings. The van der Waals surface area contributed by atoms with Gasteiger partial charge in [-0.2, -0.15) is 0 Å². The van der Waals surface area contributed by atoms with Crippen molar-refractivity contribution in [3.05, 3.63) is 58.2 Å². The van der Waals surface area contributed by atoms with Gasteiger partial charge in [-0.15, -0.1) is 11.3 Å². The van der Waals surface area contributed by atoms with E-state index in [4.69, 9.17) is 5.73 Å². The third kappa shape index (κ3) is 3.03. The SMILES string of the molecule is Cc1csc(CC(N)Cc2ccc3ccccc3n2)n1. The van der Waals surface area contributed by atoms with Gasteiger partial charge in [-0.05, 0) is 19.1 Å². The lowest BCUT2D eigenvalue weighted by atomic mass is 10.1. The van der Waals surface area contributed by atoms with E-state index in [1.54, 1.807) is 11.3 Å². The van der Waals surface area contributed by atoms with Gasteiger partial charge in [0.2, 0.25) is 0 Å². The average molecular weight is 283 g/mol. The highest BCUT2D eigenvalue weighted by molar-refractivity contribution is 7.09. The number of aromatic nitrogens is 2. The third-order valence-corrected chi connectivity index (χ3v) is 4.22. The number of aryl methyl sites for hydroxylation is 1. The predicted molar refractivity (Wildman–Crippen MR) is 84.0 cm³/mol. The fraction of sp³-hybridized carbons (Fsp3) is 0.250. The molecule has 0 radical (unpaired) electrons. The molecule has 0 bridgehead atoms. The van der Waals surface area contributed by atoms with E-state index in [1.165, 1.54) is 5.39 Å². The van der Waals surface area contributed by atoms with Crippen LogP contribution in [0.3, 0.4) is 0 Å². The highest BCUT2D eigenvalue weighted by Gasteiger charge is 2.09. The molecule has 1 aromatic carbocycles. The molecule has 1 unspecified atom stereocenters. The zero-order chi connectivity index (χ0) is 13.9. The van der Waals surface area contributed by atoms with Crippen LogP contribution in [-0.4, -0.2) is 16.0 Å². The lowest BCUT2D eigenvalue weighted by molar-refractivity contribution is 0.652. The Morgan fingerprint density at radius 3 is 2.75 bits per heavy atom. The van der Waals surface area contributed by atoms with E-state index in [1.807, 2.05) is 25.1 Å². The molecule has 0 spiro atoms. The van der Waals surface area contributed by atoms with Gasteiger partial charge in [-0.3, -0.25) is 4.98 Å². The van der Waals surface area contributed by atoms with Gasteiger partial charge in [0.15, 0.2) is 0 Å². The van der Waals surface area contributed by atoms with Crippen LogP contribution in [0.15, 0.2) is 41.8 Å². The molecule has 0 amide bonds. The number of nitrogens with zero attached hydrogens (tertiary/aromatic N) is 2. The highest BCUT2D eigenvalue weighted by Crippen LogP contribution is 2.15. The fourth-order valence-electron chi connectivity index (χ4n) is 2.28. The van der Waals surface area contributed by atoms with Crippen molar-refractivity contribution in [1.29, 1.82) is 0 Å². The summed E-state index contributed by atoms with van der Waals surface area (Å²) >= 11 is 1.68. The molecular formula is C16H17N3S. The normalized spacial score (nSPS) is 12.7. The van der Waals surface area contributed by atoms with Crippen molar-refractivity contribution in [2.75, 3.05) is 0 Å². The zero-order valence-corrected chi connectivity index (χ0v) is 12.2. The summed E-state index contributed by atoms with van der Waals surface area (Å²) in [5.74, 6) is 0. The second kappa shape index (κ2) is 5.69. The van der Waals surface area contributed by atoms with Crippen LogP contribution in [0.1, 0.15) is 16.4 Å². The van der Waals surface area contributed by atoms with E-state index in [-0.39, 0.29) is 6.04 Å². The zero-order valence-electron chi connectivity index (χ0n) is 11.4. The molecule has 20 heavy (non-hydrogen) atoms. The van der Waals surface area contributed by atoms with Crippen molar-refractivity contribution in [2.45, 2.75) is 25.8 Å². The molecule has 2 aromatic heterocycles. The van der Waals surface area contributed by atoms with E-state index in [0.29, 0.717) is 0 Å². The summed E-state index contributed by atoms with van der Waals surface area (Å²) in [5.41, 5.74) is 9.36. The van der Waals surface area contributed by atoms with Crippen molar-refractivity contribution in [1.82, 2.24) is 9.97 Å². The molecule has 0 aliphatic carbocycles. The first-order valence-corrected chi connectivity index (χ1v) is 7.60. The number of hydrogen-bond acceptors (Lipinski definition) is 4. The van der Waals surface area contributed by atoms with Gasteiger partial charge in [0.05, 0.1) is 10.5 Å². The molecule has 0 aliphatic rings. The van der Waals surface area contributed by atoms with Crippen LogP contribution in [0.5, 0.6) is 0 Å². The molecule has 0 aliphatic heterocycles. The van der Waals surface area contributed by atoms with E-state index in [0.717, 1.165) is 34.8 Å². The molecule has 0 saturated heterocycles. The molecule has 2 N–H and O–H groups in total. The quantitative estimate of drug-likeness (QED) is 0.800. The summed E-state index contributed by atoms with van der Waals surface area (Å²) in [6.07, 6.45) is 1.59. The molecule has 102 valence electrons. The maximum absolute atomic E-state index is 6.22. The Bertz CT molecular complexity index is 720. The molecule has 0 saturated carbocycles. The molecule has 3 nitrogen and oxygen atoms in total. The fourth-order valence-corrected chi connectivity index (χ4v) is 3.15. The summed E-state index contributed by atoms with van der Waals surface area (Å²) in [7, 11) is 0. The van der Waals surface area contributed by atoms with Crippen LogP contribution in [0.4, 0.5) is 0 Å². The smallest absolute Gasteiger partial charge is 0.0943 e. The van der Waals surface area contributed by atoms with E-state index < -0.39 is 0 Å². The van der Waals surface area contributed by atoms with Crippen molar-refractivity contribution < 1.29 is 0 Å². The monoisotopic (exact) mass is 283 g/mol. The maximum atomic E-state index is 6.22. The number of fused-ring (bicyclic) bond motifs is 1. The predicted octanol–water partition coefficient (Wildman–Crippen LogP) is 3.11. The van der Waals surface area contributed by atoms with Crippen molar-refractivity contribution in [3.8, 4) is 0 Å². The number of thiazole rings is 1. The summed E-state index contributed by atoms with van der Waals surface area (Å²) in [6.45, 7) is 2.01. The largest absolute Gasteiger partial charge is 0.327 e. The molecule has 0 fully saturated rings. The molecular weight excluding hydrogens is 266 g/mol. The van der Waals surface area contributed by atoms with Crippen LogP contribution >= 0.6 is 11.3 Å². The van der Waals surface area contributed by atoms with Crippen LogP contribution in [0.25, 0.3) is 10.9 Å². The minimum atomic E-state index is 0.0641. The Morgan fingerprint density at radius 2 is 1.95 bits per heavy atom. The first-order chi connectivity index (χ1) is 9.70. The number of pyridine rings is 1. The Morgan fingerprint density at radius 1 is 1.10 bits per heavy atom. The van der Waals surface area contributed by atoms with Gasteiger partial charge in [0, 0.05) is 41.0 Å². The first-order valence-electron chi connectivity index (χ1n) is 6.72. The summed E-state index contributed by atoms with van der Waals surface area (Å²) < 4.78 is 0. The highest BCUT2D eigenvalue weighted by atomic mass is 32.1. The van der Waals surface area contributed by atoms with Gasteiger partial charge in [0.1, 0.15) is 0 Å². The van der Waals surface area contributed by atoms with Crippen LogP contribution in [-0.2, 0) is 12.8 Å². The van der Waals surface area contributed by atoms with Gasteiger partial charge in [-0.25, -0.2) is 4.98 Å². The lowest BCUT2D eigenvalue weighted by Crippen LogP contribution is -2.25. The van der Waals surface area contributed by atoms with E-state index >= 15 is 0 Å². The van der Waals surface area contributed by atoms with Gasteiger partial charge < -0.3 is 5.73 Å². The molecule has 3 rings (SSSR count). The van der Waals surface area contributed by atoms with Crippen molar-refractivity contribution >= 4 is 22.2 Å². The Labute approximate surface area is 122 Å². The number of nitrogens with two attached hydrogens (primary N) is 1. The van der Waals surface area contributed by atoms with Crippen LogP contribution in [0.2, 0.25) is 0 Å². The Kier molecular flexibility index (Phi) is 3.76. The third-order valence-electron chi connectivity index (χ3n) is 3.23. The first kappa shape index (κ1) is 13.2. The number of hydrogen-bond donors (Lipinski definition) is 1. The number of benzene rings is 1. The summed E-state index contributed by atoms with van der Waals surface area (Å²) in [4.78, 5) is 9.13. The standard InChI is InChI=1S/C16H17N3S/c1-11-10-20-16(18-11)9-13(17)8-14-7-6-12-4-2-3-5-15(12)19-14/h2-7,10,13H,8-9,17H2,1H3. The topological polar surface area (TPSA) is 51.8 Å². The maximum Gasteiger partial charge on any atom is 0.0943 e. The average Bonchev–Trinajstić information content (AvgIpc) is 2.83. The second-order valence-electron chi connectivity index (χ2n) is 5.05. The van der Waals surface area contributed by atoms with Gasteiger partial charge in [0.25, 0.3) is 0 Å². The number of para-hydroxylation sites is 1. The summed E-state index contributed by atoms with van der Waals surface area (Å²) in [6, 6.07) is 12.4.